The van der Waals surface area contributed by atoms with E-state index in [2.05, 4.69) is 37.8 Å². The number of carbonyl (C=O) groups is 1. The van der Waals surface area contributed by atoms with Crippen LogP contribution in [-0.2, 0) is 11.2 Å². The minimum atomic E-state index is -1.17. The highest BCUT2D eigenvalue weighted by molar-refractivity contribution is 5.89. The molecule has 1 fully saturated rings. The van der Waals surface area contributed by atoms with Gasteiger partial charge in [0.2, 0.25) is 0 Å². The van der Waals surface area contributed by atoms with E-state index in [9.17, 15) is 15.0 Å². The van der Waals surface area contributed by atoms with Gasteiger partial charge in [0.1, 0.15) is 30.2 Å². The van der Waals surface area contributed by atoms with E-state index in [-0.39, 0.29) is 18.4 Å². The molecule has 1 saturated heterocycles. The molecule has 4 atom stereocenters. The Hall–Kier alpha value is -3.32. The molecule has 188 valence electrons. The van der Waals surface area contributed by atoms with E-state index in [0.717, 1.165) is 24.9 Å². The van der Waals surface area contributed by atoms with E-state index in [4.69, 9.17) is 10.5 Å². The Morgan fingerprint density at radius 2 is 1.94 bits per heavy atom. The zero-order valence-electron chi connectivity index (χ0n) is 19.6. The summed E-state index contributed by atoms with van der Waals surface area (Å²) in [6.07, 6.45) is 2.27. The molecule has 35 heavy (non-hydrogen) atoms. The van der Waals surface area contributed by atoms with Crippen LogP contribution in [0.2, 0.25) is 0 Å². The van der Waals surface area contributed by atoms with Crippen molar-refractivity contribution in [3.63, 3.8) is 0 Å². The zero-order valence-corrected chi connectivity index (χ0v) is 19.6. The SMILES string of the molecule is CCCCc1ccc(NC(=O)NCCNC[C@H]2O[C@@H](n3cnc4c(N)ncnc43)[C@H](O)[C@@H]2O)cc1. The number of aromatic nitrogens is 4. The molecule has 3 heterocycles. The fourth-order valence-electron chi connectivity index (χ4n) is 4.00. The lowest BCUT2D eigenvalue weighted by atomic mass is 10.1. The smallest absolute Gasteiger partial charge is 0.319 e. The summed E-state index contributed by atoms with van der Waals surface area (Å²) in [5, 5.41) is 29.7. The van der Waals surface area contributed by atoms with E-state index in [0.29, 0.717) is 24.3 Å². The van der Waals surface area contributed by atoms with Crippen LogP contribution in [0.3, 0.4) is 0 Å². The Balaban J connectivity index is 1.19. The molecule has 12 nitrogen and oxygen atoms in total. The number of aliphatic hydroxyl groups is 2. The molecule has 4 rings (SSSR count). The number of ether oxygens (including phenoxy) is 1. The van der Waals surface area contributed by atoms with Crippen LogP contribution in [0.1, 0.15) is 31.6 Å². The molecule has 0 unspecified atom stereocenters. The Labute approximate surface area is 202 Å². The van der Waals surface area contributed by atoms with Crippen molar-refractivity contribution in [2.75, 3.05) is 30.7 Å². The number of hydrogen-bond donors (Lipinski definition) is 6. The van der Waals surface area contributed by atoms with Crippen LogP contribution in [0.5, 0.6) is 0 Å². The zero-order chi connectivity index (χ0) is 24.8. The van der Waals surface area contributed by atoms with Gasteiger partial charge in [0.15, 0.2) is 17.7 Å². The van der Waals surface area contributed by atoms with Crippen molar-refractivity contribution in [1.29, 1.82) is 0 Å². The second kappa shape index (κ2) is 11.4. The number of aryl methyl sites for hydroxylation is 1. The number of anilines is 2. The molecule has 12 heteroatoms. The molecular weight excluding hydrogens is 452 g/mol. The Bertz CT molecular complexity index is 1120. The molecule has 2 aromatic heterocycles. The minimum absolute atomic E-state index is 0.223. The predicted octanol–water partition coefficient (Wildman–Crippen LogP) is 0.782. The van der Waals surface area contributed by atoms with Crippen LogP contribution in [0, 0.1) is 0 Å². The fraction of sp³-hybridized carbons (Fsp3) is 0.478. The molecule has 1 aliphatic rings. The van der Waals surface area contributed by atoms with Crippen LogP contribution in [-0.4, -0.2) is 73.7 Å². The number of hydrogen-bond acceptors (Lipinski definition) is 9. The normalized spacial score (nSPS) is 21.9. The van der Waals surface area contributed by atoms with Crippen LogP contribution < -0.4 is 21.7 Å². The number of nitrogen functional groups attached to an aromatic ring is 1. The molecule has 0 aliphatic carbocycles. The lowest BCUT2D eigenvalue weighted by Crippen LogP contribution is -2.41. The van der Waals surface area contributed by atoms with Gasteiger partial charge in [-0.25, -0.2) is 19.7 Å². The molecule has 3 aromatic rings. The maximum Gasteiger partial charge on any atom is 0.319 e. The Morgan fingerprint density at radius 3 is 2.71 bits per heavy atom. The first-order chi connectivity index (χ1) is 17.0. The van der Waals surface area contributed by atoms with Crippen molar-refractivity contribution in [3.05, 3.63) is 42.5 Å². The summed E-state index contributed by atoms with van der Waals surface area (Å²) >= 11 is 0. The maximum absolute atomic E-state index is 12.1. The van der Waals surface area contributed by atoms with Gasteiger partial charge >= 0.3 is 6.03 Å². The van der Waals surface area contributed by atoms with Crippen LogP contribution in [0.25, 0.3) is 11.2 Å². The standard InChI is InChI=1S/C23H32N8O4/c1-2-3-4-14-5-7-15(8-6-14)30-23(34)26-10-9-25-11-16-18(32)19(33)22(35-16)31-13-29-17-20(24)27-12-28-21(17)31/h5-8,12-13,16,18-19,22,25,32-33H,2-4,9-11H2,1H3,(H2,24,27,28)(H2,26,30,34)/t16-,18-,19-,22-/m1/s1. The lowest BCUT2D eigenvalue weighted by Gasteiger charge is -2.16. The van der Waals surface area contributed by atoms with E-state index in [1.165, 1.54) is 22.8 Å². The number of rotatable bonds is 10. The quantitative estimate of drug-likeness (QED) is 0.227. The predicted molar refractivity (Wildman–Crippen MR) is 131 cm³/mol. The first kappa shape index (κ1) is 24.8. The average Bonchev–Trinajstić information content (AvgIpc) is 3.40. The number of imidazole rings is 1. The van der Waals surface area contributed by atoms with Crippen molar-refractivity contribution in [1.82, 2.24) is 30.2 Å². The molecule has 1 aromatic carbocycles. The van der Waals surface area contributed by atoms with E-state index < -0.39 is 24.5 Å². The third kappa shape index (κ3) is 5.85. The second-order valence-electron chi connectivity index (χ2n) is 8.51. The van der Waals surface area contributed by atoms with E-state index >= 15 is 0 Å². The summed E-state index contributed by atoms with van der Waals surface area (Å²) in [6.45, 7) is 3.26. The fourth-order valence-corrected chi connectivity index (χ4v) is 4.00. The molecule has 0 radical (unpaired) electrons. The summed E-state index contributed by atoms with van der Waals surface area (Å²) in [5.41, 5.74) is 8.61. The highest BCUT2D eigenvalue weighted by Crippen LogP contribution is 2.31. The van der Waals surface area contributed by atoms with Gasteiger partial charge in [-0.2, -0.15) is 0 Å². The van der Waals surface area contributed by atoms with Crippen LogP contribution in [0.4, 0.5) is 16.3 Å². The Kier molecular flexibility index (Phi) is 8.08. The number of unbranched alkanes of at least 4 members (excludes halogenated alkanes) is 1. The third-order valence-electron chi connectivity index (χ3n) is 5.96. The largest absolute Gasteiger partial charge is 0.387 e. The monoisotopic (exact) mass is 484 g/mol. The van der Waals surface area contributed by atoms with Gasteiger partial charge in [-0.15, -0.1) is 0 Å². The topological polar surface area (TPSA) is 172 Å². The van der Waals surface area contributed by atoms with Gasteiger partial charge in [-0.3, -0.25) is 4.57 Å². The summed E-state index contributed by atoms with van der Waals surface area (Å²) in [6, 6.07) is 7.54. The molecule has 2 amide bonds. The molecular formula is C23H32N8O4. The van der Waals surface area contributed by atoms with Crippen molar-refractivity contribution in [2.24, 2.45) is 0 Å². The number of benzene rings is 1. The molecule has 0 bridgehead atoms. The van der Waals surface area contributed by atoms with Crippen LogP contribution >= 0.6 is 0 Å². The van der Waals surface area contributed by atoms with Gasteiger partial charge in [0.05, 0.1) is 6.33 Å². The first-order valence-electron chi connectivity index (χ1n) is 11.8. The van der Waals surface area contributed by atoms with Gasteiger partial charge in [-0.05, 0) is 30.5 Å². The summed E-state index contributed by atoms with van der Waals surface area (Å²) in [7, 11) is 0. The maximum atomic E-state index is 12.1. The highest BCUT2D eigenvalue weighted by atomic mass is 16.6. The average molecular weight is 485 g/mol. The van der Waals surface area contributed by atoms with Gasteiger partial charge in [0.25, 0.3) is 0 Å². The molecule has 7 N–H and O–H groups in total. The van der Waals surface area contributed by atoms with Gasteiger partial charge in [-0.1, -0.05) is 25.5 Å². The molecule has 0 spiro atoms. The number of fused-ring (bicyclic) bond motifs is 1. The Morgan fingerprint density at radius 1 is 1.14 bits per heavy atom. The summed E-state index contributed by atoms with van der Waals surface area (Å²) < 4.78 is 7.41. The van der Waals surface area contributed by atoms with E-state index in [1.54, 1.807) is 0 Å². The van der Waals surface area contributed by atoms with Crippen molar-refractivity contribution >= 4 is 28.7 Å². The minimum Gasteiger partial charge on any atom is -0.387 e. The number of urea groups is 1. The van der Waals surface area contributed by atoms with Crippen molar-refractivity contribution in [2.45, 2.75) is 50.7 Å². The number of aliphatic hydroxyl groups excluding tert-OH is 2. The first-order valence-corrected chi connectivity index (χ1v) is 11.8. The highest BCUT2D eigenvalue weighted by Gasteiger charge is 2.44. The second-order valence-corrected chi connectivity index (χ2v) is 8.51. The number of nitrogens with zero attached hydrogens (tertiary/aromatic N) is 4. The van der Waals surface area contributed by atoms with Crippen molar-refractivity contribution < 1.29 is 19.7 Å². The third-order valence-corrected chi connectivity index (χ3v) is 5.96. The van der Waals surface area contributed by atoms with Gasteiger partial charge < -0.3 is 36.6 Å². The van der Waals surface area contributed by atoms with E-state index in [1.807, 2.05) is 24.3 Å². The van der Waals surface area contributed by atoms with Crippen molar-refractivity contribution in [3.8, 4) is 0 Å². The lowest BCUT2D eigenvalue weighted by molar-refractivity contribution is -0.0340. The van der Waals surface area contributed by atoms with Gasteiger partial charge in [0, 0.05) is 25.3 Å². The number of nitrogens with two attached hydrogens (primary N) is 1. The number of nitrogens with one attached hydrogen (secondary N) is 3. The van der Waals surface area contributed by atoms with Crippen LogP contribution in [0.15, 0.2) is 36.9 Å². The summed E-state index contributed by atoms with van der Waals surface area (Å²) in [5.74, 6) is 0.223. The number of carbonyl (C=O) groups excluding carboxylic acids is 1. The number of amides is 2. The molecule has 1 aliphatic heterocycles. The molecule has 0 saturated carbocycles. The summed E-state index contributed by atoms with van der Waals surface area (Å²) in [4.78, 5) is 24.3.